The summed E-state index contributed by atoms with van der Waals surface area (Å²) in [5, 5.41) is 8.67. The molecule has 28 heavy (non-hydrogen) atoms. The van der Waals surface area contributed by atoms with Gasteiger partial charge in [0.25, 0.3) is 0 Å². The third kappa shape index (κ3) is 43.4. The molecule has 0 saturated carbocycles. The Morgan fingerprint density at radius 3 is 1.04 bits per heavy atom. The van der Waals surface area contributed by atoms with E-state index in [0.29, 0.717) is 6.61 Å². The van der Waals surface area contributed by atoms with Gasteiger partial charge in [0.05, 0.1) is 0 Å². The minimum atomic E-state index is -3.51. The fourth-order valence-corrected chi connectivity index (χ4v) is 3.27. The normalized spacial score (nSPS) is 12.1. The fraction of sp³-hybridized carbons (Fsp3) is 1.00. The van der Waals surface area contributed by atoms with E-state index in [1.54, 1.807) is 0 Å². The number of rotatable bonds is 18. The molecular weight excluding hydrogens is 452 g/mol. The van der Waals surface area contributed by atoms with Crippen LogP contribution in [0.25, 0.3) is 0 Å². The second kappa shape index (κ2) is 35.2. The van der Waals surface area contributed by atoms with Crippen molar-refractivity contribution < 1.29 is 131 Å². The molecule has 0 saturated heterocycles. The Labute approximate surface area is 259 Å². The monoisotopic (exact) mass is 492 g/mol. The van der Waals surface area contributed by atoms with Crippen LogP contribution >= 0.6 is 16.5 Å². The molecule has 10 heteroatoms. The Morgan fingerprint density at radius 2 is 0.857 bits per heavy atom. The summed E-state index contributed by atoms with van der Waals surface area (Å²) in [4.78, 5) is 18.6. The van der Waals surface area contributed by atoms with E-state index in [1.165, 1.54) is 96.3 Å². The van der Waals surface area contributed by atoms with Crippen molar-refractivity contribution in [2.75, 3.05) is 6.61 Å². The van der Waals surface area contributed by atoms with Crippen molar-refractivity contribution in [1.82, 2.24) is 0 Å². The number of aliphatic hydroxyl groups excluding tert-OH is 1. The topological polar surface area (TPSA) is 110 Å². The minimum Gasteiger partial charge on any atom is -0.781 e. The number of unbranched alkanes of at least 4 members (excludes halogenated alkanes) is 15. The van der Waals surface area contributed by atoms with Crippen LogP contribution in [0.2, 0.25) is 0 Å². The van der Waals surface area contributed by atoms with E-state index in [1.807, 2.05) is 0 Å². The van der Waals surface area contributed by atoms with Crippen LogP contribution < -0.4 is 113 Å². The zero-order valence-electron chi connectivity index (χ0n) is 18.5. The molecule has 0 amide bonds. The largest absolute Gasteiger partial charge is 1.00 e. The Morgan fingerprint density at radius 1 is 0.607 bits per heavy atom. The zero-order valence-corrected chi connectivity index (χ0v) is 26.8. The Kier molecular flexibility index (Phi) is 48.8. The maximum atomic E-state index is 9.29. The number of hydrogen-bond donors (Lipinski definition) is 1. The van der Waals surface area contributed by atoms with Gasteiger partial charge in [0.2, 0.25) is 0 Å². The van der Waals surface area contributed by atoms with Crippen molar-refractivity contribution in [3.05, 3.63) is 0 Å². The van der Waals surface area contributed by atoms with Crippen molar-refractivity contribution >= 4 is 16.5 Å². The van der Waals surface area contributed by atoms with Crippen LogP contribution in [0.3, 0.4) is 0 Å². The van der Waals surface area contributed by atoms with Gasteiger partial charge in [-0.25, -0.2) is 0 Å². The molecule has 160 valence electrons. The molecule has 0 radical (unpaired) electrons. The Hall–Kier alpha value is 3.57. The van der Waals surface area contributed by atoms with E-state index in [0.717, 1.165) is 6.42 Å². The van der Waals surface area contributed by atoms with Gasteiger partial charge in [-0.2, -0.15) is 0 Å². The van der Waals surface area contributed by atoms with Gasteiger partial charge in [-0.15, -0.1) is 0 Å². The van der Waals surface area contributed by atoms with E-state index < -0.39 is 16.5 Å². The van der Waals surface area contributed by atoms with Crippen molar-refractivity contribution in [3.8, 4) is 0 Å². The molecule has 0 aromatic carbocycles. The van der Waals surface area contributed by atoms with Crippen LogP contribution in [0.1, 0.15) is 110 Å². The summed E-state index contributed by atoms with van der Waals surface area (Å²) < 4.78 is 21.8. The van der Waals surface area contributed by atoms with Crippen LogP contribution in [0, 0.1) is 0 Å². The molecule has 0 rings (SSSR count). The van der Waals surface area contributed by atoms with Gasteiger partial charge in [-0.1, -0.05) is 103 Å². The van der Waals surface area contributed by atoms with Crippen LogP contribution in [-0.2, 0) is 13.4 Å². The maximum Gasteiger partial charge on any atom is 1.00 e. The fourth-order valence-electron chi connectivity index (χ4n) is 2.73. The van der Waals surface area contributed by atoms with Gasteiger partial charge in [-0.05, 0) is 6.42 Å². The van der Waals surface area contributed by atoms with Crippen molar-refractivity contribution in [3.63, 3.8) is 0 Å². The van der Waals surface area contributed by atoms with Crippen LogP contribution in [0.15, 0.2) is 0 Å². The molecular formula is C18H40K2O6P2. The van der Waals surface area contributed by atoms with E-state index in [-0.39, 0.29) is 103 Å². The smallest absolute Gasteiger partial charge is 0.781 e. The van der Waals surface area contributed by atoms with Gasteiger partial charge in [-0.3, -0.25) is 4.31 Å². The standard InChI is InChI=1S/C18H38O.2K.H4O5P2/c1-2-3-4-5-6-7-8-9-10-11-12-13-14-15-16-17-18-19;;;1-6(2)5-7(3)4/h19H,2-18H2,1H3;;;6-7H,(H,1,2)(H,3,4)/q;2*+1;/p-2. The summed E-state index contributed by atoms with van der Waals surface area (Å²) in [5.74, 6) is 0. The first-order chi connectivity index (χ1) is 12.5. The molecule has 0 aliphatic carbocycles. The molecule has 0 spiro atoms. The third-order valence-corrected chi connectivity index (χ3v) is 5.51. The SMILES string of the molecule is CCCCCCCCCCCCCCCCCCO.O=[PH]([O-])O[PH](=O)[O-].[K+].[K+]. The molecule has 0 bridgehead atoms. The average molecular weight is 493 g/mol. The van der Waals surface area contributed by atoms with Gasteiger partial charge in [0, 0.05) is 6.61 Å². The Bertz CT molecular complexity index is 298. The van der Waals surface area contributed by atoms with Crippen molar-refractivity contribution in [2.24, 2.45) is 0 Å². The predicted octanol–water partition coefficient (Wildman–Crippen LogP) is -1.25. The minimum absolute atomic E-state index is 0. The van der Waals surface area contributed by atoms with Gasteiger partial charge in [0.1, 0.15) is 16.5 Å². The molecule has 0 aliphatic rings. The molecule has 0 heterocycles. The molecule has 2 atom stereocenters. The van der Waals surface area contributed by atoms with Crippen molar-refractivity contribution in [2.45, 2.75) is 110 Å². The quantitative estimate of drug-likeness (QED) is 0.146. The summed E-state index contributed by atoms with van der Waals surface area (Å²) in [6.45, 7) is 2.66. The van der Waals surface area contributed by atoms with E-state index in [4.69, 9.17) is 5.11 Å². The molecule has 6 nitrogen and oxygen atoms in total. The number of aliphatic hydroxyl groups is 1. The summed E-state index contributed by atoms with van der Waals surface area (Å²) in [5.41, 5.74) is 0. The van der Waals surface area contributed by atoms with Gasteiger partial charge in [0.15, 0.2) is 0 Å². The second-order valence-electron chi connectivity index (χ2n) is 6.63. The first-order valence-corrected chi connectivity index (χ1v) is 12.7. The zero-order chi connectivity index (χ0) is 19.9. The van der Waals surface area contributed by atoms with Gasteiger partial charge >= 0.3 is 103 Å². The predicted molar refractivity (Wildman–Crippen MR) is 106 cm³/mol. The molecule has 0 aromatic heterocycles. The molecule has 0 aromatic rings. The molecule has 0 aliphatic heterocycles. The molecule has 0 fully saturated rings. The first-order valence-electron chi connectivity index (χ1n) is 10.2. The molecule has 1 N–H and O–H groups in total. The van der Waals surface area contributed by atoms with E-state index in [2.05, 4.69) is 11.2 Å². The van der Waals surface area contributed by atoms with E-state index in [9.17, 15) is 18.9 Å². The summed E-state index contributed by atoms with van der Waals surface area (Å²) >= 11 is 0. The number of hydrogen-bond acceptors (Lipinski definition) is 6. The molecule has 2 unspecified atom stereocenters. The first kappa shape index (κ1) is 38.8. The van der Waals surface area contributed by atoms with Crippen LogP contribution in [0.5, 0.6) is 0 Å². The second-order valence-corrected chi connectivity index (χ2v) is 8.45. The summed E-state index contributed by atoms with van der Waals surface area (Å²) in [6, 6.07) is 0. The maximum absolute atomic E-state index is 9.29. The van der Waals surface area contributed by atoms with Crippen LogP contribution in [-0.4, -0.2) is 11.7 Å². The van der Waals surface area contributed by atoms with Crippen molar-refractivity contribution in [1.29, 1.82) is 0 Å². The third-order valence-electron chi connectivity index (χ3n) is 4.18. The van der Waals surface area contributed by atoms with E-state index >= 15 is 0 Å². The average Bonchev–Trinajstić information content (AvgIpc) is 2.58. The summed E-state index contributed by atoms with van der Waals surface area (Å²) in [7, 11) is -7.03. The van der Waals surface area contributed by atoms with Gasteiger partial charge < -0.3 is 24.0 Å². The van der Waals surface area contributed by atoms with Crippen LogP contribution in [0.4, 0.5) is 0 Å². The summed E-state index contributed by atoms with van der Waals surface area (Å²) in [6.07, 6.45) is 22.2. The Balaban J connectivity index is -0.000000274.